The lowest BCUT2D eigenvalue weighted by Crippen LogP contribution is -2.36. The Hall–Kier alpha value is -1.56. The van der Waals surface area contributed by atoms with Gasteiger partial charge in [0.15, 0.2) is 0 Å². The maximum atomic E-state index is 12.2. The Morgan fingerprint density at radius 1 is 1.12 bits per heavy atom. The molecule has 2 rings (SSSR count). The van der Waals surface area contributed by atoms with E-state index in [4.69, 9.17) is 0 Å². The highest BCUT2D eigenvalue weighted by Crippen LogP contribution is 2.31. The predicted octanol–water partition coefficient (Wildman–Crippen LogP) is 3.41. The topological polar surface area (TPSA) is 66.5 Å². The number of benzene rings is 1. The fourth-order valence-corrected chi connectivity index (χ4v) is 4.36. The quantitative estimate of drug-likeness (QED) is 0.818. The van der Waals surface area contributed by atoms with Gasteiger partial charge in [-0.3, -0.25) is 9.52 Å². The molecule has 1 aliphatic rings. The van der Waals surface area contributed by atoms with Crippen molar-refractivity contribution < 1.29 is 13.2 Å². The second-order valence-electron chi connectivity index (χ2n) is 7.35. The van der Waals surface area contributed by atoms with Gasteiger partial charge in [0.25, 0.3) is 0 Å². The van der Waals surface area contributed by atoms with Crippen molar-refractivity contribution in [3.63, 3.8) is 0 Å². The molecule has 1 N–H and O–H groups in total. The molecule has 1 aromatic carbocycles. The van der Waals surface area contributed by atoms with Gasteiger partial charge < -0.3 is 4.90 Å². The van der Waals surface area contributed by atoms with Crippen LogP contribution in [-0.4, -0.2) is 26.6 Å². The molecule has 0 aromatic heterocycles. The summed E-state index contributed by atoms with van der Waals surface area (Å²) in [4.78, 5) is 14.1. The Morgan fingerprint density at radius 3 is 2.46 bits per heavy atom. The Kier molecular flexibility index (Phi) is 5.91. The third-order valence-corrected chi connectivity index (χ3v) is 5.69. The van der Waals surface area contributed by atoms with Crippen LogP contribution in [0, 0.1) is 11.8 Å². The lowest BCUT2D eigenvalue weighted by Gasteiger charge is -2.30. The third-order valence-electron chi connectivity index (χ3n) is 4.04. The number of hydrogen-bond acceptors (Lipinski definition) is 3. The largest absolute Gasteiger partial charge is 0.312 e. The van der Waals surface area contributed by atoms with Gasteiger partial charge in [-0.1, -0.05) is 27.7 Å². The molecule has 0 spiro atoms. The number of amides is 1. The first-order valence-electron chi connectivity index (χ1n) is 8.61. The van der Waals surface area contributed by atoms with Crippen LogP contribution in [0.25, 0.3) is 0 Å². The van der Waals surface area contributed by atoms with Crippen LogP contribution in [0.2, 0.25) is 0 Å². The van der Waals surface area contributed by atoms with Crippen molar-refractivity contribution in [2.24, 2.45) is 11.8 Å². The average molecular weight is 353 g/mol. The normalized spacial score (nSPS) is 15.1. The van der Waals surface area contributed by atoms with E-state index in [1.165, 1.54) is 0 Å². The van der Waals surface area contributed by atoms with Crippen LogP contribution in [0.5, 0.6) is 0 Å². The summed E-state index contributed by atoms with van der Waals surface area (Å²) in [6.45, 7) is 8.75. The molecule has 1 amide bonds. The number of anilines is 2. The summed E-state index contributed by atoms with van der Waals surface area (Å²) >= 11 is 0. The van der Waals surface area contributed by atoms with Crippen LogP contribution in [0.1, 0.15) is 46.1 Å². The minimum Gasteiger partial charge on any atom is -0.312 e. The summed E-state index contributed by atoms with van der Waals surface area (Å²) in [6, 6.07) is 5.47. The van der Waals surface area contributed by atoms with Crippen molar-refractivity contribution in [3.8, 4) is 0 Å². The molecule has 0 fully saturated rings. The maximum absolute atomic E-state index is 12.2. The first-order valence-corrected chi connectivity index (χ1v) is 10.3. The molecule has 0 aliphatic carbocycles. The monoisotopic (exact) mass is 352 g/mol. The minimum absolute atomic E-state index is 0.0734. The number of hydrogen-bond donors (Lipinski definition) is 1. The van der Waals surface area contributed by atoms with Crippen molar-refractivity contribution in [2.45, 2.75) is 47.0 Å². The molecule has 6 heteroatoms. The van der Waals surface area contributed by atoms with Crippen molar-refractivity contribution in [2.75, 3.05) is 21.9 Å². The first kappa shape index (κ1) is 18.8. The fourth-order valence-electron chi connectivity index (χ4n) is 2.92. The number of carbonyl (C=O) groups is 1. The fraction of sp³-hybridized carbons (Fsp3) is 0.611. The van der Waals surface area contributed by atoms with Gasteiger partial charge in [0.2, 0.25) is 15.9 Å². The Bertz CT molecular complexity index is 696. The predicted molar refractivity (Wildman–Crippen MR) is 98.8 cm³/mol. The van der Waals surface area contributed by atoms with Gasteiger partial charge in [0.05, 0.1) is 5.75 Å². The summed E-state index contributed by atoms with van der Waals surface area (Å²) in [5, 5.41) is 0. The first-order chi connectivity index (χ1) is 11.2. The number of aryl methyl sites for hydroxylation is 1. The summed E-state index contributed by atoms with van der Waals surface area (Å²) < 4.78 is 26.8. The van der Waals surface area contributed by atoms with Crippen LogP contribution in [0.3, 0.4) is 0 Å². The molecule has 0 atom stereocenters. The highest BCUT2D eigenvalue weighted by atomic mass is 32.2. The molecular formula is C18H28N2O3S. The molecule has 1 heterocycles. The van der Waals surface area contributed by atoms with Gasteiger partial charge in [-0.15, -0.1) is 0 Å². The van der Waals surface area contributed by atoms with E-state index < -0.39 is 10.0 Å². The van der Waals surface area contributed by atoms with E-state index in [1.807, 2.05) is 30.9 Å². The van der Waals surface area contributed by atoms with Crippen molar-refractivity contribution in [3.05, 3.63) is 23.8 Å². The third kappa shape index (κ3) is 4.97. The molecule has 5 nitrogen and oxygen atoms in total. The van der Waals surface area contributed by atoms with Crippen LogP contribution in [-0.2, 0) is 21.2 Å². The summed E-state index contributed by atoms with van der Waals surface area (Å²) in [5.74, 6) is 0.856. The zero-order chi connectivity index (χ0) is 17.9. The molecule has 0 radical (unpaired) electrons. The smallest absolute Gasteiger partial charge is 0.232 e. The van der Waals surface area contributed by atoms with E-state index in [1.54, 1.807) is 6.07 Å². The Labute approximate surface area is 145 Å². The highest BCUT2D eigenvalue weighted by Gasteiger charge is 2.24. The molecule has 0 unspecified atom stereocenters. The van der Waals surface area contributed by atoms with Crippen LogP contribution in [0.15, 0.2) is 18.2 Å². The van der Waals surface area contributed by atoms with Gasteiger partial charge >= 0.3 is 0 Å². The number of nitrogens with zero attached hydrogens (tertiary/aromatic N) is 1. The number of nitrogens with one attached hydrogen (secondary N) is 1. The van der Waals surface area contributed by atoms with Gasteiger partial charge in [0, 0.05) is 24.3 Å². The van der Waals surface area contributed by atoms with E-state index >= 15 is 0 Å². The minimum atomic E-state index is -3.34. The van der Waals surface area contributed by atoms with E-state index in [9.17, 15) is 13.2 Å². The van der Waals surface area contributed by atoms with Crippen molar-refractivity contribution in [1.29, 1.82) is 0 Å². The van der Waals surface area contributed by atoms with Crippen LogP contribution >= 0.6 is 0 Å². The number of carbonyl (C=O) groups excluding carboxylic acids is 1. The van der Waals surface area contributed by atoms with Crippen LogP contribution < -0.4 is 9.62 Å². The van der Waals surface area contributed by atoms with Crippen molar-refractivity contribution >= 4 is 27.3 Å². The molecule has 0 bridgehead atoms. The van der Waals surface area contributed by atoms with E-state index in [-0.39, 0.29) is 17.6 Å². The Balaban J connectivity index is 2.20. The van der Waals surface area contributed by atoms with Gasteiger partial charge in [0.1, 0.15) is 0 Å². The molecular weight excluding hydrogens is 324 g/mol. The lowest BCUT2D eigenvalue weighted by atomic mass is 9.99. The molecule has 0 saturated heterocycles. The molecule has 1 aromatic rings. The maximum Gasteiger partial charge on any atom is 0.232 e. The van der Waals surface area contributed by atoms with Crippen LogP contribution in [0.4, 0.5) is 11.4 Å². The van der Waals surface area contributed by atoms with Gasteiger partial charge in [-0.2, -0.15) is 0 Å². The molecule has 1 aliphatic heterocycles. The lowest BCUT2D eigenvalue weighted by molar-refractivity contribution is -0.118. The van der Waals surface area contributed by atoms with E-state index in [2.05, 4.69) is 18.6 Å². The number of rotatable bonds is 7. The second kappa shape index (κ2) is 7.55. The SMILES string of the molecule is CC(C)CCN1C(=O)CCc2cc(NS(=O)(=O)CC(C)C)ccc21. The molecule has 24 heavy (non-hydrogen) atoms. The highest BCUT2D eigenvalue weighted by molar-refractivity contribution is 7.92. The molecule has 0 saturated carbocycles. The summed E-state index contributed by atoms with van der Waals surface area (Å²) in [7, 11) is -3.34. The zero-order valence-electron chi connectivity index (χ0n) is 15.0. The number of fused-ring (bicyclic) bond motifs is 1. The van der Waals surface area contributed by atoms with E-state index in [0.29, 0.717) is 31.0 Å². The van der Waals surface area contributed by atoms with E-state index in [0.717, 1.165) is 17.7 Å². The standard InChI is InChI=1S/C18H28N2O3S/c1-13(2)9-10-20-17-7-6-16(11-15(17)5-8-18(20)21)19-24(22,23)12-14(3)4/h6-7,11,13-14,19H,5,8-10,12H2,1-4H3. The Morgan fingerprint density at radius 2 is 1.83 bits per heavy atom. The van der Waals surface area contributed by atoms with Gasteiger partial charge in [-0.25, -0.2) is 8.42 Å². The molecule has 134 valence electrons. The summed E-state index contributed by atoms with van der Waals surface area (Å²) in [5.41, 5.74) is 2.52. The number of sulfonamides is 1. The summed E-state index contributed by atoms with van der Waals surface area (Å²) in [6.07, 6.45) is 2.09. The average Bonchev–Trinajstić information content (AvgIpc) is 2.44. The zero-order valence-corrected chi connectivity index (χ0v) is 15.8. The van der Waals surface area contributed by atoms with Crippen molar-refractivity contribution in [1.82, 2.24) is 0 Å². The van der Waals surface area contributed by atoms with Gasteiger partial charge in [-0.05, 0) is 48.4 Å². The second-order valence-corrected chi connectivity index (χ2v) is 9.12.